The Labute approximate surface area is 190 Å². The van der Waals surface area contributed by atoms with Crippen molar-refractivity contribution in [1.82, 2.24) is 0 Å². The van der Waals surface area contributed by atoms with Gasteiger partial charge < -0.3 is 14.2 Å². The highest BCUT2D eigenvalue weighted by atomic mass is 19.3. The van der Waals surface area contributed by atoms with E-state index in [4.69, 9.17) is 4.74 Å². The predicted molar refractivity (Wildman–Crippen MR) is 110 cm³/mol. The highest BCUT2D eigenvalue weighted by molar-refractivity contribution is 5.64. The molecule has 0 aliphatic heterocycles. The second kappa shape index (κ2) is 10.5. The van der Waals surface area contributed by atoms with Crippen LogP contribution in [-0.4, -0.2) is 6.61 Å². The lowest BCUT2D eigenvalue weighted by Crippen LogP contribution is -2.22. The topological polar surface area (TPSA) is 27.7 Å². The maximum atomic E-state index is 14.5. The minimum Gasteiger partial charge on any atom is -0.494 e. The van der Waals surface area contributed by atoms with Crippen molar-refractivity contribution in [2.75, 3.05) is 6.61 Å². The van der Waals surface area contributed by atoms with Crippen LogP contribution < -0.4 is 14.2 Å². The van der Waals surface area contributed by atoms with Gasteiger partial charge in [-0.2, -0.15) is 22.0 Å². The molecule has 0 radical (unpaired) electrons. The number of hydrogen-bond acceptors (Lipinski definition) is 3. The van der Waals surface area contributed by atoms with Crippen molar-refractivity contribution in [2.24, 2.45) is 0 Å². The van der Waals surface area contributed by atoms with Gasteiger partial charge in [0.15, 0.2) is 11.6 Å². The van der Waals surface area contributed by atoms with E-state index in [0.29, 0.717) is 17.9 Å². The second-order valence-corrected chi connectivity index (χ2v) is 6.92. The Morgan fingerprint density at radius 1 is 0.794 bits per heavy atom. The van der Waals surface area contributed by atoms with Crippen LogP contribution in [0.5, 0.6) is 17.2 Å². The molecule has 0 aromatic heterocycles. The number of alkyl halides is 2. The van der Waals surface area contributed by atoms with Gasteiger partial charge in [0.05, 0.1) is 12.2 Å². The molecule has 3 aromatic rings. The van der Waals surface area contributed by atoms with Crippen molar-refractivity contribution in [3.8, 4) is 28.4 Å². The van der Waals surface area contributed by atoms with E-state index in [1.165, 1.54) is 12.1 Å². The maximum absolute atomic E-state index is 14.5. The molecule has 0 heterocycles. The van der Waals surface area contributed by atoms with E-state index in [-0.39, 0.29) is 12.1 Å². The third-order valence-corrected chi connectivity index (χ3v) is 4.44. The summed E-state index contributed by atoms with van der Waals surface area (Å²) in [6.07, 6.45) is -6.10. The van der Waals surface area contributed by atoms with E-state index >= 15 is 0 Å². The van der Waals surface area contributed by atoms with Gasteiger partial charge in [0, 0.05) is 12.1 Å². The molecule has 34 heavy (non-hydrogen) atoms. The molecular formula is C24H17F7O3. The molecule has 0 saturated heterocycles. The quantitative estimate of drug-likeness (QED) is 0.227. The van der Waals surface area contributed by atoms with Crippen molar-refractivity contribution in [3.05, 3.63) is 90.0 Å². The highest BCUT2D eigenvalue weighted by Crippen LogP contribution is 2.36. The van der Waals surface area contributed by atoms with Gasteiger partial charge in [-0.25, -0.2) is 8.78 Å². The number of hydrogen-bond donors (Lipinski definition) is 0. The summed E-state index contributed by atoms with van der Waals surface area (Å²) in [4.78, 5) is 0. The summed E-state index contributed by atoms with van der Waals surface area (Å²) in [7, 11) is 0. The van der Waals surface area contributed by atoms with Crippen LogP contribution in [0.2, 0.25) is 0 Å². The first-order valence-electron chi connectivity index (χ1n) is 9.89. The molecule has 0 aliphatic rings. The molecule has 0 unspecified atom stereocenters. The summed E-state index contributed by atoms with van der Waals surface area (Å²) in [5, 5.41) is 0. The Balaban J connectivity index is 1.76. The number of halogens is 7. The lowest BCUT2D eigenvalue weighted by Gasteiger charge is -2.19. The molecule has 0 atom stereocenters. The summed E-state index contributed by atoms with van der Waals surface area (Å²) in [5.74, 6) is -5.26. The molecule has 0 spiro atoms. The molecule has 0 saturated carbocycles. The van der Waals surface area contributed by atoms with Crippen LogP contribution in [0.15, 0.2) is 72.8 Å². The van der Waals surface area contributed by atoms with Crippen LogP contribution in [0.1, 0.15) is 18.9 Å². The van der Waals surface area contributed by atoms with Gasteiger partial charge in [-0.05, 0) is 41.8 Å². The molecule has 3 nitrogen and oxygen atoms in total. The Hall–Kier alpha value is -3.69. The Bertz CT molecular complexity index is 1130. The van der Waals surface area contributed by atoms with Crippen LogP contribution in [-0.2, 0) is 6.11 Å². The molecule has 3 rings (SSSR count). The van der Waals surface area contributed by atoms with E-state index < -0.39 is 46.9 Å². The monoisotopic (exact) mass is 486 g/mol. The minimum atomic E-state index is -4.01. The molecule has 0 N–H and O–H groups in total. The number of benzene rings is 3. The minimum absolute atomic E-state index is 0.256. The van der Waals surface area contributed by atoms with Gasteiger partial charge in [0.2, 0.25) is 5.75 Å². The molecule has 10 heteroatoms. The van der Waals surface area contributed by atoms with Gasteiger partial charge in [-0.1, -0.05) is 31.2 Å². The largest absolute Gasteiger partial charge is 0.494 e. The summed E-state index contributed by atoms with van der Waals surface area (Å²) < 4.78 is 108. The van der Waals surface area contributed by atoms with Gasteiger partial charge in [-0.15, -0.1) is 0 Å². The van der Waals surface area contributed by atoms with Crippen LogP contribution in [0.4, 0.5) is 30.7 Å². The average Bonchev–Trinajstić information content (AvgIpc) is 2.80. The Kier molecular flexibility index (Phi) is 7.70. The predicted octanol–water partition coefficient (Wildman–Crippen LogP) is 7.96. The van der Waals surface area contributed by atoms with Gasteiger partial charge in [0.1, 0.15) is 11.5 Å². The molecule has 0 amide bonds. The zero-order chi connectivity index (χ0) is 24.9. The molecule has 0 bridgehead atoms. The molecule has 180 valence electrons. The summed E-state index contributed by atoms with van der Waals surface area (Å²) in [6.45, 7) is 2.54. The van der Waals surface area contributed by atoms with E-state index in [1.54, 1.807) is 24.3 Å². The van der Waals surface area contributed by atoms with Gasteiger partial charge >= 0.3 is 18.2 Å². The standard InChI is InChI=1S/C24H17F7O3/c1-2-11-32-17-9-5-15(6-10-17)14-3-7-16(8-4-14)24(30,31)34-18-12-19(25)21(20(26)13-18)33-23(29)22(27)28/h3-10,12-13H,2,11H2,1H3. The van der Waals surface area contributed by atoms with Crippen LogP contribution in [0, 0.1) is 11.6 Å². The first-order valence-corrected chi connectivity index (χ1v) is 9.89. The average molecular weight is 486 g/mol. The fourth-order valence-electron chi connectivity index (χ4n) is 2.85. The third-order valence-electron chi connectivity index (χ3n) is 4.44. The van der Waals surface area contributed by atoms with Crippen LogP contribution in [0.3, 0.4) is 0 Å². The molecule has 0 aliphatic carbocycles. The summed E-state index contributed by atoms with van der Waals surface area (Å²) in [5.41, 5.74) is 0.745. The van der Waals surface area contributed by atoms with Gasteiger partial charge in [-0.3, -0.25) is 0 Å². The fraction of sp³-hybridized carbons (Fsp3) is 0.167. The smallest absolute Gasteiger partial charge is 0.426 e. The Morgan fingerprint density at radius 3 is 1.82 bits per heavy atom. The zero-order valence-corrected chi connectivity index (χ0v) is 17.6. The Morgan fingerprint density at radius 2 is 1.32 bits per heavy atom. The first-order chi connectivity index (χ1) is 16.1. The van der Waals surface area contributed by atoms with Crippen molar-refractivity contribution in [2.45, 2.75) is 19.5 Å². The molecule has 0 fully saturated rings. The molecule has 3 aromatic carbocycles. The van der Waals surface area contributed by atoms with Crippen molar-refractivity contribution < 1.29 is 44.9 Å². The van der Waals surface area contributed by atoms with Crippen molar-refractivity contribution in [3.63, 3.8) is 0 Å². The summed E-state index contributed by atoms with van der Waals surface area (Å²) >= 11 is 0. The SMILES string of the molecule is CCCOc1ccc(-c2ccc(C(F)(F)Oc3cc(F)c(OC(F)=C(F)F)c(F)c3)cc2)cc1. The van der Waals surface area contributed by atoms with Crippen LogP contribution in [0.25, 0.3) is 11.1 Å². The van der Waals surface area contributed by atoms with Gasteiger partial charge in [0.25, 0.3) is 0 Å². The lowest BCUT2D eigenvalue weighted by atomic mass is 10.0. The molecular weight excluding hydrogens is 469 g/mol. The van der Waals surface area contributed by atoms with E-state index in [2.05, 4.69) is 9.47 Å². The maximum Gasteiger partial charge on any atom is 0.426 e. The van der Waals surface area contributed by atoms with E-state index in [1.807, 2.05) is 6.92 Å². The van der Waals surface area contributed by atoms with E-state index in [0.717, 1.165) is 24.1 Å². The van der Waals surface area contributed by atoms with Crippen molar-refractivity contribution in [1.29, 1.82) is 0 Å². The lowest BCUT2D eigenvalue weighted by molar-refractivity contribution is -0.185. The van der Waals surface area contributed by atoms with Crippen molar-refractivity contribution >= 4 is 0 Å². The normalized spacial score (nSPS) is 11.2. The number of rotatable bonds is 9. The third kappa shape index (κ3) is 6.00. The summed E-state index contributed by atoms with van der Waals surface area (Å²) in [6, 6.07) is 9.97. The zero-order valence-electron chi connectivity index (χ0n) is 17.6. The first kappa shape index (κ1) is 24.9. The number of ether oxygens (including phenoxy) is 3. The highest BCUT2D eigenvalue weighted by Gasteiger charge is 2.35. The second-order valence-electron chi connectivity index (χ2n) is 6.92. The van der Waals surface area contributed by atoms with E-state index in [9.17, 15) is 30.7 Å². The van der Waals surface area contributed by atoms with Crippen LogP contribution >= 0.6 is 0 Å². The fourth-order valence-corrected chi connectivity index (χ4v) is 2.85.